The molecule has 2 atom stereocenters. The molecule has 1 aliphatic heterocycles. The van der Waals surface area contributed by atoms with Gasteiger partial charge in [0, 0.05) is 27.8 Å². The Bertz CT molecular complexity index is 935. The third-order valence-electron chi connectivity index (χ3n) is 4.29. The van der Waals surface area contributed by atoms with Crippen LogP contribution in [0.1, 0.15) is 28.4 Å². The van der Waals surface area contributed by atoms with E-state index in [0.717, 1.165) is 4.47 Å². The number of hydroxylamine groups is 1. The topological polar surface area (TPSA) is 84.9 Å². The summed E-state index contributed by atoms with van der Waals surface area (Å²) in [4.78, 5) is 17.4. The maximum Gasteiger partial charge on any atom is 0.326 e. The zero-order valence-corrected chi connectivity index (χ0v) is 17.2. The standard InChI is InChI=1S/C18H18Cl2N2O5S/c1-26-22(28(24,25)21-18(23)12-6-3-2-4-7-12)15-10-11-27-17(15)16-13(19)8-5-9-14(16)20/h2-9,15,17H,10-11H2,1H3,(H,21,23). The Balaban J connectivity index is 1.88. The van der Waals surface area contributed by atoms with Crippen LogP contribution in [-0.4, -0.2) is 38.6 Å². The van der Waals surface area contributed by atoms with Crippen molar-refractivity contribution < 1.29 is 22.8 Å². The first-order valence-electron chi connectivity index (χ1n) is 8.36. The predicted molar refractivity (Wildman–Crippen MR) is 105 cm³/mol. The van der Waals surface area contributed by atoms with Gasteiger partial charge in [-0.1, -0.05) is 51.9 Å². The molecule has 0 saturated carbocycles. The van der Waals surface area contributed by atoms with E-state index in [0.29, 0.717) is 22.0 Å². The first-order chi connectivity index (χ1) is 13.3. The number of halogens is 2. The van der Waals surface area contributed by atoms with Crippen molar-refractivity contribution in [3.05, 3.63) is 69.7 Å². The van der Waals surface area contributed by atoms with Crippen molar-refractivity contribution in [2.24, 2.45) is 0 Å². The number of nitrogens with one attached hydrogen (secondary N) is 1. The molecule has 0 bridgehead atoms. The number of hydrogen-bond acceptors (Lipinski definition) is 5. The van der Waals surface area contributed by atoms with Gasteiger partial charge in [-0.15, -0.1) is 0 Å². The molecule has 1 amide bonds. The molecule has 1 aliphatic rings. The van der Waals surface area contributed by atoms with Gasteiger partial charge in [0.05, 0.1) is 13.2 Å². The van der Waals surface area contributed by atoms with Crippen molar-refractivity contribution in [1.29, 1.82) is 0 Å². The van der Waals surface area contributed by atoms with Gasteiger partial charge in [0.25, 0.3) is 5.91 Å². The summed E-state index contributed by atoms with van der Waals surface area (Å²) < 4.78 is 34.1. The second kappa shape index (κ2) is 8.77. The van der Waals surface area contributed by atoms with Gasteiger partial charge in [-0.25, -0.2) is 4.72 Å². The normalized spacial score (nSPS) is 19.7. The summed E-state index contributed by atoms with van der Waals surface area (Å²) in [7, 11) is -3.12. The molecule has 0 radical (unpaired) electrons. The van der Waals surface area contributed by atoms with Crippen molar-refractivity contribution in [3.8, 4) is 0 Å². The molecule has 1 fully saturated rings. The molecule has 1 heterocycles. The highest BCUT2D eigenvalue weighted by molar-refractivity contribution is 7.87. The summed E-state index contributed by atoms with van der Waals surface area (Å²) in [5, 5.41) is 0.706. The minimum absolute atomic E-state index is 0.204. The number of ether oxygens (including phenoxy) is 1. The summed E-state index contributed by atoms with van der Waals surface area (Å²) >= 11 is 12.5. The number of rotatable bonds is 6. The molecule has 1 N–H and O–H groups in total. The van der Waals surface area contributed by atoms with Crippen molar-refractivity contribution in [1.82, 2.24) is 9.19 Å². The minimum Gasteiger partial charge on any atom is -0.372 e. The van der Waals surface area contributed by atoms with Crippen LogP contribution in [0.3, 0.4) is 0 Å². The Labute approximate surface area is 173 Å². The molecule has 2 aromatic rings. The lowest BCUT2D eigenvalue weighted by Gasteiger charge is -2.29. The number of carbonyl (C=O) groups excluding carboxylic acids is 1. The summed E-state index contributed by atoms with van der Waals surface area (Å²) in [6.07, 6.45) is -0.412. The second-order valence-electron chi connectivity index (χ2n) is 6.02. The van der Waals surface area contributed by atoms with E-state index in [1.54, 1.807) is 36.4 Å². The van der Waals surface area contributed by atoms with Crippen molar-refractivity contribution >= 4 is 39.3 Å². The third-order valence-corrected chi connectivity index (χ3v) is 6.29. The van der Waals surface area contributed by atoms with Crippen molar-refractivity contribution in [2.75, 3.05) is 13.7 Å². The fourth-order valence-corrected chi connectivity index (χ4v) is 4.90. The second-order valence-corrected chi connectivity index (χ2v) is 8.35. The van der Waals surface area contributed by atoms with Crippen molar-refractivity contribution in [2.45, 2.75) is 18.6 Å². The Morgan fingerprint density at radius 1 is 1.14 bits per heavy atom. The van der Waals surface area contributed by atoms with Gasteiger partial charge in [-0.05, 0) is 30.7 Å². The van der Waals surface area contributed by atoms with E-state index in [-0.39, 0.29) is 12.2 Å². The van der Waals surface area contributed by atoms with E-state index in [4.69, 9.17) is 32.8 Å². The van der Waals surface area contributed by atoms with Crippen LogP contribution < -0.4 is 4.72 Å². The van der Waals surface area contributed by atoms with Crippen LogP contribution in [0, 0.1) is 0 Å². The molecular formula is C18H18Cl2N2O5S. The quantitative estimate of drug-likeness (QED) is 0.690. The highest BCUT2D eigenvalue weighted by Crippen LogP contribution is 2.40. The lowest BCUT2D eigenvalue weighted by Crippen LogP contribution is -2.48. The highest BCUT2D eigenvalue weighted by atomic mass is 35.5. The van der Waals surface area contributed by atoms with Gasteiger partial charge in [0.15, 0.2) is 0 Å². The summed E-state index contributed by atoms with van der Waals surface area (Å²) in [6.45, 7) is 0.277. The third kappa shape index (κ3) is 4.32. The van der Waals surface area contributed by atoms with Gasteiger partial charge in [-0.3, -0.25) is 9.63 Å². The van der Waals surface area contributed by atoms with Gasteiger partial charge in [-0.2, -0.15) is 8.42 Å². The summed E-state index contributed by atoms with van der Waals surface area (Å²) in [5.41, 5.74) is 0.676. The summed E-state index contributed by atoms with van der Waals surface area (Å²) in [5.74, 6) is -0.770. The van der Waals surface area contributed by atoms with E-state index < -0.39 is 28.3 Å². The molecule has 3 rings (SSSR count). The van der Waals surface area contributed by atoms with Crippen LogP contribution in [0.2, 0.25) is 10.0 Å². The molecule has 2 aromatic carbocycles. The molecule has 2 unspecified atom stereocenters. The van der Waals surface area contributed by atoms with Crippen LogP contribution >= 0.6 is 23.2 Å². The Hall–Kier alpha value is -1.68. The first kappa shape index (κ1) is 21.0. The van der Waals surface area contributed by atoms with Gasteiger partial charge in [0.1, 0.15) is 6.10 Å². The molecule has 7 nitrogen and oxygen atoms in total. The molecule has 0 spiro atoms. The fraction of sp³-hybridized carbons (Fsp3) is 0.278. The number of nitrogens with zero attached hydrogens (tertiary/aromatic N) is 1. The van der Waals surface area contributed by atoms with Gasteiger partial charge < -0.3 is 4.74 Å². The number of benzene rings is 2. The van der Waals surface area contributed by atoms with Crippen LogP contribution in [0.15, 0.2) is 48.5 Å². The van der Waals surface area contributed by atoms with Crippen LogP contribution in [0.4, 0.5) is 0 Å². The minimum atomic E-state index is -4.32. The Morgan fingerprint density at radius 2 is 1.79 bits per heavy atom. The SMILES string of the molecule is CON(C1CCOC1c1c(Cl)cccc1Cl)S(=O)(=O)NC(=O)c1ccccc1. The Morgan fingerprint density at radius 3 is 2.39 bits per heavy atom. The Kier molecular flexibility index (Phi) is 6.59. The molecular weight excluding hydrogens is 427 g/mol. The summed E-state index contributed by atoms with van der Waals surface area (Å²) in [6, 6.07) is 12.2. The zero-order valence-electron chi connectivity index (χ0n) is 14.8. The van der Waals surface area contributed by atoms with Gasteiger partial charge in [0.2, 0.25) is 0 Å². The van der Waals surface area contributed by atoms with Crippen LogP contribution in [-0.2, 0) is 19.8 Å². The van der Waals surface area contributed by atoms with Crippen LogP contribution in [0.5, 0.6) is 0 Å². The predicted octanol–water partition coefficient (Wildman–Crippen LogP) is 3.36. The average Bonchev–Trinajstić information content (AvgIpc) is 3.11. The van der Waals surface area contributed by atoms with E-state index in [9.17, 15) is 13.2 Å². The molecule has 0 aromatic heterocycles. The molecule has 0 aliphatic carbocycles. The fourth-order valence-electron chi connectivity index (χ4n) is 3.07. The zero-order chi connectivity index (χ0) is 20.3. The largest absolute Gasteiger partial charge is 0.372 e. The van der Waals surface area contributed by atoms with Crippen LogP contribution in [0.25, 0.3) is 0 Å². The molecule has 1 saturated heterocycles. The molecule has 10 heteroatoms. The number of carbonyl (C=O) groups is 1. The average molecular weight is 445 g/mol. The highest BCUT2D eigenvalue weighted by Gasteiger charge is 2.43. The van der Waals surface area contributed by atoms with E-state index in [1.807, 2.05) is 4.72 Å². The number of amides is 1. The lowest BCUT2D eigenvalue weighted by atomic mass is 10.0. The molecule has 28 heavy (non-hydrogen) atoms. The lowest BCUT2D eigenvalue weighted by molar-refractivity contribution is -0.0984. The van der Waals surface area contributed by atoms with E-state index in [1.165, 1.54) is 19.2 Å². The number of hydrogen-bond donors (Lipinski definition) is 1. The van der Waals surface area contributed by atoms with Gasteiger partial charge >= 0.3 is 10.2 Å². The van der Waals surface area contributed by atoms with Crippen molar-refractivity contribution in [3.63, 3.8) is 0 Å². The maximum absolute atomic E-state index is 12.8. The van der Waals surface area contributed by atoms with E-state index in [2.05, 4.69) is 0 Å². The molecule has 150 valence electrons. The monoisotopic (exact) mass is 444 g/mol. The maximum atomic E-state index is 12.8. The van der Waals surface area contributed by atoms with E-state index >= 15 is 0 Å². The smallest absolute Gasteiger partial charge is 0.326 e. The first-order valence-corrected chi connectivity index (χ1v) is 10.6.